The van der Waals surface area contributed by atoms with E-state index in [4.69, 9.17) is 17.3 Å². The number of nitrogen functional groups attached to an aromatic ring is 1. The lowest BCUT2D eigenvalue weighted by Crippen LogP contribution is -2.00. The molecule has 7 heteroatoms. The molecule has 0 amide bonds. The summed E-state index contributed by atoms with van der Waals surface area (Å²) in [5, 5.41) is 4.07. The molecule has 2 aromatic rings. The summed E-state index contributed by atoms with van der Waals surface area (Å²) in [6.45, 7) is 0. The Kier molecular flexibility index (Phi) is 3.69. The Morgan fingerprint density at radius 2 is 2.17 bits per heavy atom. The maximum absolute atomic E-state index is 12.9. The van der Waals surface area contributed by atoms with Crippen molar-refractivity contribution >= 4 is 29.6 Å². The molecule has 1 heterocycles. The third-order valence-corrected chi connectivity index (χ3v) is 2.14. The van der Waals surface area contributed by atoms with Crippen molar-refractivity contribution < 1.29 is 4.39 Å². The number of hydrazone groups is 1. The average Bonchev–Trinajstić information content (AvgIpc) is 2.27. The molecule has 0 atom stereocenters. The highest BCUT2D eigenvalue weighted by atomic mass is 35.5. The topological polar surface area (TPSA) is 76.2 Å². The monoisotopic (exact) mass is 265 g/mol. The van der Waals surface area contributed by atoms with Gasteiger partial charge in [-0.2, -0.15) is 15.1 Å². The van der Waals surface area contributed by atoms with Crippen LogP contribution in [0.1, 0.15) is 5.56 Å². The molecular formula is C11H9ClFN5. The summed E-state index contributed by atoms with van der Waals surface area (Å²) in [7, 11) is 0. The molecule has 0 spiro atoms. The van der Waals surface area contributed by atoms with Crippen LogP contribution in [0.25, 0.3) is 0 Å². The van der Waals surface area contributed by atoms with E-state index in [1.165, 1.54) is 24.4 Å². The van der Waals surface area contributed by atoms with Crippen LogP contribution >= 0.6 is 11.6 Å². The molecule has 0 bridgehead atoms. The third kappa shape index (κ3) is 3.39. The number of nitrogens with one attached hydrogen (secondary N) is 1. The minimum atomic E-state index is -0.331. The van der Waals surface area contributed by atoms with Gasteiger partial charge in [0.2, 0.25) is 5.95 Å². The Labute approximate surface area is 108 Å². The van der Waals surface area contributed by atoms with Crippen LogP contribution in [-0.4, -0.2) is 16.2 Å². The van der Waals surface area contributed by atoms with Gasteiger partial charge in [0.25, 0.3) is 0 Å². The van der Waals surface area contributed by atoms with Gasteiger partial charge in [-0.1, -0.05) is 23.7 Å². The van der Waals surface area contributed by atoms with Crippen molar-refractivity contribution in [3.05, 3.63) is 46.9 Å². The molecule has 18 heavy (non-hydrogen) atoms. The molecule has 0 aliphatic rings. The van der Waals surface area contributed by atoms with Crippen molar-refractivity contribution in [3.8, 4) is 0 Å². The summed E-state index contributed by atoms with van der Waals surface area (Å²) < 4.78 is 12.9. The van der Waals surface area contributed by atoms with Crippen molar-refractivity contribution in [2.45, 2.75) is 0 Å². The van der Waals surface area contributed by atoms with Crippen LogP contribution in [0, 0.1) is 5.82 Å². The fourth-order valence-corrected chi connectivity index (χ4v) is 1.43. The second-order valence-electron chi connectivity index (χ2n) is 3.36. The quantitative estimate of drug-likeness (QED) is 0.507. The molecule has 0 aliphatic heterocycles. The van der Waals surface area contributed by atoms with Gasteiger partial charge in [0.05, 0.1) is 6.21 Å². The Morgan fingerprint density at radius 3 is 2.89 bits per heavy atom. The van der Waals surface area contributed by atoms with Crippen molar-refractivity contribution in [2.75, 3.05) is 11.2 Å². The molecule has 1 aromatic heterocycles. The van der Waals surface area contributed by atoms with Crippen molar-refractivity contribution in [1.29, 1.82) is 0 Å². The lowest BCUT2D eigenvalue weighted by molar-refractivity contribution is 0.627. The molecule has 0 fully saturated rings. The first-order valence-corrected chi connectivity index (χ1v) is 5.36. The fraction of sp³-hybridized carbons (Fsp3) is 0. The highest BCUT2D eigenvalue weighted by Crippen LogP contribution is 2.11. The maximum Gasteiger partial charge on any atom is 0.246 e. The van der Waals surface area contributed by atoms with Gasteiger partial charge in [-0.25, -0.2) is 9.82 Å². The summed E-state index contributed by atoms with van der Waals surface area (Å²) in [5.41, 5.74) is 8.65. The predicted octanol–water partition coefficient (Wildman–Crippen LogP) is 2.30. The Morgan fingerprint density at radius 1 is 1.33 bits per heavy atom. The van der Waals surface area contributed by atoms with Gasteiger partial charge in [-0.05, 0) is 17.7 Å². The summed E-state index contributed by atoms with van der Waals surface area (Å²) in [4.78, 5) is 7.72. The highest BCUT2D eigenvalue weighted by molar-refractivity contribution is 6.29. The van der Waals surface area contributed by atoms with Crippen LogP contribution in [0.2, 0.25) is 5.15 Å². The zero-order chi connectivity index (χ0) is 13.0. The number of hydrogen-bond donors (Lipinski definition) is 2. The van der Waals surface area contributed by atoms with Crippen molar-refractivity contribution in [3.63, 3.8) is 0 Å². The van der Waals surface area contributed by atoms with Crippen molar-refractivity contribution in [1.82, 2.24) is 9.97 Å². The first kappa shape index (κ1) is 12.3. The van der Waals surface area contributed by atoms with Crippen LogP contribution < -0.4 is 11.2 Å². The number of anilines is 2. The summed E-state index contributed by atoms with van der Waals surface area (Å²) in [5.74, 6) is 0.0771. The van der Waals surface area contributed by atoms with E-state index < -0.39 is 0 Å². The molecule has 0 saturated carbocycles. The molecule has 0 aliphatic carbocycles. The molecule has 0 radical (unpaired) electrons. The number of aromatic nitrogens is 2. The fourth-order valence-electron chi connectivity index (χ4n) is 1.24. The maximum atomic E-state index is 12.9. The van der Waals surface area contributed by atoms with E-state index >= 15 is 0 Å². The van der Waals surface area contributed by atoms with Crippen molar-refractivity contribution in [2.24, 2.45) is 5.10 Å². The summed E-state index contributed by atoms with van der Waals surface area (Å²) in [6, 6.07) is 7.42. The van der Waals surface area contributed by atoms with Gasteiger partial charge < -0.3 is 5.73 Å². The minimum Gasteiger partial charge on any atom is -0.383 e. The van der Waals surface area contributed by atoms with Gasteiger partial charge in [-0.15, -0.1) is 0 Å². The molecule has 0 saturated heterocycles. The minimum absolute atomic E-state index is 0.174. The van der Waals surface area contributed by atoms with E-state index in [1.54, 1.807) is 12.1 Å². The summed E-state index contributed by atoms with van der Waals surface area (Å²) in [6.07, 6.45) is 1.43. The molecule has 5 nitrogen and oxygen atoms in total. The number of halogens is 2. The summed E-state index contributed by atoms with van der Waals surface area (Å²) >= 11 is 5.69. The molecule has 0 unspecified atom stereocenters. The van der Waals surface area contributed by atoms with Crippen LogP contribution in [0.5, 0.6) is 0 Å². The lowest BCUT2D eigenvalue weighted by Gasteiger charge is -2.00. The second-order valence-corrected chi connectivity index (χ2v) is 3.75. The third-order valence-electron chi connectivity index (χ3n) is 1.94. The van der Waals surface area contributed by atoms with Gasteiger partial charge in [0.1, 0.15) is 16.8 Å². The Bertz CT molecular complexity index is 567. The second kappa shape index (κ2) is 5.42. The SMILES string of the molecule is Nc1cc(Cl)nc(N/N=C/c2cccc(F)c2)n1. The standard InChI is InChI=1S/C11H9ClFN5/c12-9-5-10(14)17-11(16-9)18-15-6-7-2-1-3-8(13)4-7/h1-6H,(H3,14,16,17,18)/b15-6+. The van der Waals surface area contributed by atoms with Gasteiger partial charge in [0.15, 0.2) is 0 Å². The molecular weight excluding hydrogens is 257 g/mol. The smallest absolute Gasteiger partial charge is 0.246 e. The van der Waals surface area contributed by atoms with E-state index in [1.807, 2.05) is 0 Å². The normalized spacial score (nSPS) is 10.8. The Balaban J connectivity index is 2.07. The van der Waals surface area contributed by atoms with Gasteiger partial charge >= 0.3 is 0 Å². The number of benzene rings is 1. The number of hydrogen-bond acceptors (Lipinski definition) is 5. The Hall–Kier alpha value is -2.21. The van der Waals surface area contributed by atoms with Crippen LogP contribution in [0.3, 0.4) is 0 Å². The molecule has 3 N–H and O–H groups in total. The van der Waals surface area contributed by atoms with E-state index in [-0.39, 0.29) is 22.7 Å². The number of rotatable bonds is 3. The van der Waals surface area contributed by atoms with E-state index in [9.17, 15) is 4.39 Å². The molecule has 92 valence electrons. The van der Waals surface area contributed by atoms with Gasteiger partial charge in [0, 0.05) is 6.07 Å². The van der Waals surface area contributed by atoms with Gasteiger partial charge in [-0.3, -0.25) is 0 Å². The van der Waals surface area contributed by atoms with E-state index in [0.717, 1.165) is 0 Å². The van der Waals surface area contributed by atoms with E-state index in [2.05, 4.69) is 20.5 Å². The van der Waals surface area contributed by atoms with E-state index in [0.29, 0.717) is 5.56 Å². The number of nitrogens with zero attached hydrogens (tertiary/aromatic N) is 3. The lowest BCUT2D eigenvalue weighted by atomic mass is 10.2. The predicted molar refractivity (Wildman–Crippen MR) is 69.1 cm³/mol. The molecule has 1 aromatic carbocycles. The highest BCUT2D eigenvalue weighted by Gasteiger charge is 1.98. The number of nitrogens with two attached hydrogens (primary N) is 1. The zero-order valence-electron chi connectivity index (χ0n) is 9.14. The van der Waals surface area contributed by atoms with Crippen LogP contribution in [-0.2, 0) is 0 Å². The molecule has 2 rings (SSSR count). The average molecular weight is 266 g/mol. The van der Waals surface area contributed by atoms with Crippen LogP contribution in [0.4, 0.5) is 16.2 Å². The first-order chi connectivity index (χ1) is 8.63. The first-order valence-electron chi connectivity index (χ1n) is 4.98. The zero-order valence-corrected chi connectivity index (χ0v) is 9.89. The largest absolute Gasteiger partial charge is 0.383 e. The van der Waals surface area contributed by atoms with Crippen LogP contribution in [0.15, 0.2) is 35.4 Å².